The first-order valence-corrected chi connectivity index (χ1v) is 11.5. The summed E-state index contributed by atoms with van der Waals surface area (Å²) in [6, 6.07) is 7.34. The summed E-state index contributed by atoms with van der Waals surface area (Å²) in [5.41, 5.74) is -1.44. The average molecular weight is 506 g/mol. The number of ether oxygens (including phenoxy) is 4. The molecule has 0 spiro atoms. The van der Waals surface area contributed by atoms with E-state index in [9.17, 15) is 13.9 Å². The van der Waals surface area contributed by atoms with Crippen molar-refractivity contribution in [1.82, 2.24) is 9.97 Å². The van der Waals surface area contributed by atoms with Gasteiger partial charge < -0.3 is 29.4 Å². The molecule has 2 aromatic carbocycles. The molecule has 1 aromatic heterocycles. The lowest BCUT2D eigenvalue weighted by Gasteiger charge is -2.30. The Bertz CT molecular complexity index is 1210. The molecular formula is C26H33F2N3O5. The molecule has 0 saturated carbocycles. The molecule has 8 nitrogen and oxygen atoms in total. The van der Waals surface area contributed by atoms with Crippen molar-refractivity contribution >= 4 is 16.7 Å². The van der Waals surface area contributed by atoms with Crippen LogP contribution in [0.5, 0.6) is 17.2 Å². The molecule has 3 aromatic rings. The van der Waals surface area contributed by atoms with Crippen molar-refractivity contribution in [2.75, 3.05) is 39.9 Å². The number of rotatable bonds is 11. The maximum Gasteiger partial charge on any atom is 0.300 e. The van der Waals surface area contributed by atoms with Gasteiger partial charge in [0.15, 0.2) is 11.5 Å². The number of alkyl halides is 2. The van der Waals surface area contributed by atoms with Crippen LogP contribution >= 0.6 is 0 Å². The largest absolute Gasteiger partial charge is 0.497 e. The highest BCUT2D eigenvalue weighted by Gasteiger charge is 2.47. The summed E-state index contributed by atoms with van der Waals surface area (Å²) in [6.45, 7) is 6.46. The fourth-order valence-electron chi connectivity index (χ4n) is 3.68. The minimum atomic E-state index is -3.50. The second-order valence-electron chi connectivity index (χ2n) is 8.98. The maximum atomic E-state index is 15.0. The van der Waals surface area contributed by atoms with E-state index in [2.05, 4.69) is 15.3 Å². The predicted octanol–water partition coefficient (Wildman–Crippen LogP) is 5.02. The van der Waals surface area contributed by atoms with Gasteiger partial charge in [-0.05, 0) is 57.5 Å². The number of nitrogens with one attached hydrogen (secondary N) is 1. The third-order valence-corrected chi connectivity index (χ3v) is 5.79. The molecule has 196 valence electrons. The summed E-state index contributed by atoms with van der Waals surface area (Å²) in [7, 11) is 4.54. The lowest BCUT2D eigenvalue weighted by atomic mass is 9.91. The van der Waals surface area contributed by atoms with Gasteiger partial charge in [-0.3, -0.25) is 0 Å². The number of benzene rings is 2. The van der Waals surface area contributed by atoms with Gasteiger partial charge in [-0.1, -0.05) is 0 Å². The first-order valence-electron chi connectivity index (χ1n) is 11.5. The number of nitrogens with zero attached hydrogens (tertiary/aromatic N) is 2. The molecule has 0 bridgehead atoms. The van der Waals surface area contributed by atoms with Crippen LogP contribution in [0.25, 0.3) is 10.9 Å². The van der Waals surface area contributed by atoms with Crippen LogP contribution in [0.4, 0.5) is 14.6 Å². The third-order valence-electron chi connectivity index (χ3n) is 5.79. The zero-order valence-electron chi connectivity index (χ0n) is 21.6. The lowest BCUT2D eigenvalue weighted by Crippen LogP contribution is -2.40. The third kappa shape index (κ3) is 5.76. The van der Waals surface area contributed by atoms with Crippen LogP contribution in [0.3, 0.4) is 0 Å². The van der Waals surface area contributed by atoms with Gasteiger partial charge in [0.1, 0.15) is 29.6 Å². The highest BCUT2D eigenvalue weighted by molar-refractivity contribution is 5.92. The van der Waals surface area contributed by atoms with Crippen LogP contribution in [-0.2, 0) is 10.7 Å². The van der Waals surface area contributed by atoms with E-state index in [1.807, 2.05) is 6.92 Å². The summed E-state index contributed by atoms with van der Waals surface area (Å²) >= 11 is 0. The summed E-state index contributed by atoms with van der Waals surface area (Å²) in [5.74, 6) is -1.21. The Labute approximate surface area is 209 Å². The molecule has 0 saturated heterocycles. The second-order valence-corrected chi connectivity index (χ2v) is 8.98. The van der Waals surface area contributed by atoms with Crippen molar-refractivity contribution < 1.29 is 32.8 Å². The molecular weight excluding hydrogens is 472 g/mol. The topological polar surface area (TPSA) is 95.0 Å². The highest BCUT2D eigenvalue weighted by atomic mass is 19.3. The normalized spacial score (nSPS) is 12.9. The van der Waals surface area contributed by atoms with Gasteiger partial charge >= 0.3 is 5.92 Å². The molecule has 1 unspecified atom stereocenters. The van der Waals surface area contributed by atoms with Crippen molar-refractivity contribution in [2.24, 2.45) is 0 Å². The van der Waals surface area contributed by atoms with Crippen molar-refractivity contribution in [1.29, 1.82) is 0 Å². The molecule has 0 amide bonds. The molecule has 1 heterocycles. The maximum absolute atomic E-state index is 15.0. The monoisotopic (exact) mass is 505 g/mol. The number of fused-ring (bicyclic) bond motifs is 1. The molecule has 0 fully saturated rings. The van der Waals surface area contributed by atoms with Crippen LogP contribution in [0, 0.1) is 6.92 Å². The lowest BCUT2D eigenvalue weighted by molar-refractivity contribution is -0.168. The van der Waals surface area contributed by atoms with E-state index in [1.165, 1.54) is 19.2 Å². The van der Waals surface area contributed by atoms with Crippen molar-refractivity contribution in [3.8, 4) is 17.2 Å². The van der Waals surface area contributed by atoms with Gasteiger partial charge in [-0.2, -0.15) is 8.78 Å². The van der Waals surface area contributed by atoms with Gasteiger partial charge in [-0.15, -0.1) is 0 Å². The van der Waals surface area contributed by atoms with E-state index >= 15 is 0 Å². The van der Waals surface area contributed by atoms with Gasteiger partial charge in [-0.25, -0.2) is 9.97 Å². The van der Waals surface area contributed by atoms with Crippen LogP contribution in [0.1, 0.15) is 43.8 Å². The Morgan fingerprint density at radius 1 is 0.972 bits per heavy atom. The van der Waals surface area contributed by atoms with Gasteiger partial charge in [0.2, 0.25) is 0 Å². The van der Waals surface area contributed by atoms with Crippen molar-refractivity contribution in [3.63, 3.8) is 0 Å². The van der Waals surface area contributed by atoms with E-state index in [1.54, 1.807) is 39.3 Å². The number of hydrogen-bond donors (Lipinski definition) is 2. The SMILES string of the molecule is COCCOc1cc2c(NC(C)c3cc(OC)cc(C(F)(F)C(C)(C)O)c3)nc(C)nc2cc1OC. The van der Waals surface area contributed by atoms with Crippen molar-refractivity contribution in [2.45, 2.75) is 45.3 Å². The zero-order chi connectivity index (χ0) is 26.7. The Morgan fingerprint density at radius 3 is 2.31 bits per heavy atom. The quantitative estimate of drug-likeness (QED) is 0.351. The standard InChI is InChI=1S/C26H33F2N3O5/c1-15(17-10-18(12-19(11-17)34-6)26(27,28)25(3,4)32)29-24-20-13-23(36-9-8-33-5)22(35-7)14-21(20)30-16(2)31-24/h10-15,32H,8-9H2,1-7H3,(H,29,30,31). The van der Waals surface area contributed by atoms with E-state index < -0.39 is 17.6 Å². The zero-order valence-corrected chi connectivity index (χ0v) is 21.6. The van der Waals surface area contributed by atoms with E-state index in [4.69, 9.17) is 18.9 Å². The Kier molecular flexibility index (Phi) is 8.20. The average Bonchev–Trinajstić information content (AvgIpc) is 2.82. The summed E-state index contributed by atoms with van der Waals surface area (Å²) in [4.78, 5) is 9.06. The molecule has 0 aliphatic rings. The number of aryl methyl sites for hydroxylation is 1. The van der Waals surface area contributed by atoms with Gasteiger partial charge in [0.05, 0.1) is 32.4 Å². The van der Waals surface area contributed by atoms with E-state index in [0.29, 0.717) is 52.8 Å². The molecule has 0 aliphatic carbocycles. The summed E-state index contributed by atoms with van der Waals surface area (Å²) < 4.78 is 51.5. The van der Waals surface area contributed by atoms with Gasteiger partial charge in [0.25, 0.3) is 0 Å². The van der Waals surface area contributed by atoms with Crippen LogP contribution in [0.2, 0.25) is 0 Å². The Morgan fingerprint density at radius 2 is 1.69 bits per heavy atom. The van der Waals surface area contributed by atoms with Gasteiger partial charge in [0, 0.05) is 24.1 Å². The molecule has 36 heavy (non-hydrogen) atoms. The van der Waals surface area contributed by atoms with Crippen LogP contribution < -0.4 is 19.5 Å². The second kappa shape index (κ2) is 10.8. The first kappa shape index (κ1) is 27.3. The number of aliphatic hydroxyl groups is 1. The van der Waals surface area contributed by atoms with Crippen LogP contribution in [0.15, 0.2) is 30.3 Å². The molecule has 3 rings (SSSR count). The molecule has 2 N–H and O–H groups in total. The summed E-state index contributed by atoms with van der Waals surface area (Å²) in [6.07, 6.45) is 0. The first-order chi connectivity index (χ1) is 16.9. The molecule has 1 atom stereocenters. The fourth-order valence-corrected chi connectivity index (χ4v) is 3.68. The minimum absolute atomic E-state index is 0.252. The number of anilines is 1. The highest BCUT2D eigenvalue weighted by Crippen LogP contribution is 2.41. The van der Waals surface area contributed by atoms with E-state index in [0.717, 1.165) is 13.8 Å². The smallest absolute Gasteiger partial charge is 0.300 e. The number of halogens is 2. The molecule has 10 heteroatoms. The van der Waals surface area contributed by atoms with Crippen molar-refractivity contribution in [3.05, 3.63) is 47.3 Å². The molecule has 0 aliphatic heterocycles. The minimum Gasteiger partial charge on any atom is -0.497 e. The van der Waals surface area contributed by atoms with Crippen LogP contribution in [-0.4, -0.2) is 55.2 Å². The fraction of sp³-hybridized carbons (Fsp3) is 0.462. The Balaban J connectivity index is 2.04. The molecule has 0 radical (unpaired) electrons. The Hall–Kier alpha value is -3.24. The predicted molar refractivity (Wildman–Crippen MR) is 133 cm³/mol. The number of methoxy groups -OCH3 is 3. The van der Waals surface area contributed by atoms with E-state index in [-0.39, 0.29) is 11.3 Å². The summed E-state index contributed by atoms with van der Waals surface area (Å²) in [5, 5.41) is 14.0. The number of aromatic nitrogens is 2. The number of hydrogen-bond acceptors (Lipinski definition) is 8.